The van der Waals surface area contributed by atoms with Crippen LogP contribution in [0.25, 0.3) is 0 Å². The summed E-state index contributed by atoms with van der Waals surface area (Å²) in [6.07, 6.45) is 3.49. The Balaban J connectivity index is 1.96. The minimum Gasteiger partial charge on any atom is -0.145 e. The number of hydrogen-bond acceptors (Lipinski definition) is 1. The van der Waals surface area contributed by atoms with E-state index in [9.17, 15) is 0 Å². The van der Waals surface area contributed by atoms with Gasteiger partial charge in [0.15, 0.2) is 0 Å². The van der Waals surface area contributed by atoms with Gasteiger partial charge in [-0.1, -0.05) is 36.8 Å². The van der Waals surface area contributed by atoms with Crippen molar-refractivity contribution in [2.45, 2.75) is 33.1 Å². The molecule has 0 fully saturated rings. The topological polar surface area (TPSA) is 0 Å². The molecule has 16 heavy (non-hydrogen) atoms. The number of aryl methyl sites for hydroxylation is 4. The van der Waals surface area contributed by atoms with Crippen LogP contribution >= 0.6 is 11.3 Å². The Bertz CT molecular complexity index is 454. The smallest absolute Gasteiger partial charge is 0.00514 e. The van der Waals surface area contributed by atoms with Gasteiger partial charge in [0.1, 0.15) is 0 Å². The molecule has 1 aromatic carbocycles. The molecule has 2 aromatic rings. The molecule has 0 unspecified atom stereocenters. The van der Waals surface area contributed by atoms with Crippen molar-refractivity contribution in [3.8, 4) is 0 Å². The lowest BCUT2D eigenvalue weighted by atomic mass is 10.1. The molecule has 0 saturated heterocycles. The summed E-state index contributed by atoms with van der Waals surface area (Å²) in [5.41, 5.74) is 2.81. The second kappa shape index (κ2) is 5.31. The molecule has 0 radical (unpaired) electrons. The van der Waals surface area contributed by atoms with E-state index in [-0.39, 0.29) is 0 Å². The number of hydrogen-bond donors (Lipinski definition) is 0. The summed E-state index contributed by atoms with van der Waals surface area (Å²) in [4.78, 5) is 3.01. The van der Waals surface area contributed by atoms with Crippen molar-refractivity contribution >= 4 is 11.3 Å². The zero-order valence-electron chi connectivity index (χ0n) is 9.99. The van der Waals surface area contributed by atoms with Crippen molar-refractivity contribution in [3.05, 3.63) is 57.3 Å². The molecule has 0 bridgehead atoms. The molecule has 0 atom stereocenters. The molecule has 84 valence electrons. The maximum Gasteiger partial charge on any atom is 0.00514 e. The lowest BCUT2D eigenvalue weighted by Gasteiger charge is -2.01. The fourth-order valence-corrected chi connectivity index (χ4v) is 2.84. The van der Waals surface area contributed by atoms with Gasteiger partial charge in [-0.2, -0.15) is 0 Å². The molecule has 0 N–H and O–H groups in total. The van der Waals surface area contributed by atoms with Crippen molar-refractivity contribution in [1.82, 2.24) is 0 Å². The summed E-state index contributed by atoms with van der Waals surface area (Å²) in [6.45, 7) is 4.37. The second-order valence-corrected chi connectivity index (χ2v) is 5.46. The first-order valence-corrected chi connectivity index (χ1v) is 6.72. The van der Waals surface area contributed by atoms with Crippen LogP contribution in [0, 0.1) is 6.92 Å². The highest BCUT2D eigenvalue weighted by Gasteiger charge is 1.99. The maximum atomic E-state index is 2.29. The third-order valence-corrected chi connectivity index (χ3v) is 4.10. The second-order valence-electron chi connectivity index (χ2n) is 4.21. The molecule has 1 heterocycles. The van der Waals surface area contributed by atoms with Crippen molar-refractivity contribution < 1.29 is 0 Å². The van der Waals surface area contributed by atoms with E-state index in [0.717, 1.165) is 12.8 Å². The standard InChI is InChI=1S/C15H18S/c1-3-14-9-10-15(16-14)8-7-13-6-4-5-12(2)11-13/h4-6,9-11H,3,7-8H2,1-2H3. The molecular weight excluding hydrogens is 212 g/mol. The molecule has 0 aliphatic rings. The van der Waals surface area contributed by atoms with E-state index in [1.54, 1.807) is 0 Å². The molecule has 2 rings (SSSR count). The van der Waals surface area contributed by atoms with Crippen LogP contribution < -0.4 is 0 Å². The zero-order valence-corrected chi connectivity index (χ0v) is 10.8. The molecule has 0 saturated carbocycles. The van der Waals surface area contributed by atoms with Crippen molar-refractivity contribution in [1.29, 1.82) is 0 Å². The van der Waals surface area contributed by atoms with Crippen LogP contribution in [0.5, 0.6) is 0 Å². The van der Waals surface area contributed by atoms with Gasteiger partial charge in [0.25, 0.3) is 0 Å². The first kappa shape index (κ1) is 11.4. The zero-order chi connectivity index (χ0) is 11.4. The average Bonchev–Trinajstić information content (AvgIpc) is 2.74. The van der Waals surface area contributed by atoms with E-state index in [0.29, 0.717) is 0 Å². The monoisotopic (exact) mass is 230 g/mol. The van der Waals surface area contributed by atoms with Crippen LogP contribution in [-0.4, -0.2) is 0 Å². The third kappa shape index (κ3) is 2.96. The van der Waals surface area contributed by atoms with E-state index < -0.39 is 0 Å². The Hall–Kier alpha value is -1.08. The predicted octanol–water partition coefficient (Wildman–Crippen LogP) is 4.40. The summed E-state index contributed by atoms with van der Waals surface area (Å²) in [5, 5.41) is 0. The Kier molecular flexibility index (Phi) is 3.79. The van der Waals surface area contributed by atoms with Gasteiger partial charge in [-0.25, -0.2) is 0 Å². The Morgan fingerprint density at radius 3 is 2.50 bits per heavy atom. The van der Waals surface area contributed by atoms with E-state index in [1.165, 1.54) is 27.3 Å². The van der Waals surface area contributed by atoms with E-state index in [1.807, 2.05) is 11.3 Å². The van der Waals surface area contributed by atoms with Crippen LogP contribution in [0.15, 0.2) is 36.4 Å². The van der Waals surface area contributed by atoms with Gasteiger partial charge in [0, 0.05) is 9.75 Å². The highest BCUT2D eigenvalue weighted by atomic mass is 32.1. The summed E-state index contributed by atoms with van der Waals surface area (Å²) in [6, 6.07) is 13.4. The number of thiophene rings is 1. The van der Waals surface area contributed by atoms with Gasteiger partial charge in [0.05, 0.1) is 0 Å². The first-order chi connectivity index (χ1) is 7.78. The fraction of sp³-hybridized carbons (Fsp3) is 0.333. The van der Waals surface area contributed by atoms with Gasteiger partial charge >= 0.3 is 0 Å². The van der Waals surface area contributed by atoms with Gasteiger partial charge in [-0.15, -0.1) is 11.3 Å². The molecule has 0 spiro atoms. The first-order valence-electron chi connectivity index (χ1n) is 5.91. The lowest BCUT2D eigenvalue weighted by molar-refractivity contribution is 0.978. The van der Waals surface area contributed by atoms with Crippen LogP contribution in [0.2, 0.25) is 0 Å². The Morgan fingerprint density at radius 1 is 1.00 bits per heavy atom. The third-order valence-electron chi connectivity index (χ3n) is 2.81. The summed E-state index contributed by atoms with van der Waals surface area (Å²) < 4.78 is 0. The van der Waals surface area contributed by atoms with Gasteiger partial charge in [0.2, 0.25) is 0 Å². The van der Waals surface area contributed by atoms with Gasteiger partial charge < -0.3 is 0 Å². The van der Waals surface area contributed by atoms with E-state index in [2.05, 4.69) is 50.2 Å². The van der Waals surface area contributed by atoms with Crippen LogP contribution in [0.4, 0.5) is 0 Å². The largest absolute Gasteiger partial charge is 0.145 e. The van der Waals surface area contributed by atoms with Crippen LogP contribution in [0.3, 0.4) is 0 Å². The summed E-state index contributed by atoms with van der Waals surface area (Å²) in [7, 11) is 0. The maximum absolute atomic E-state index is 2.29. The van der Waals surface area contributed by atoms with Crippen LogP contribution in [0.1, 0.15) is 27.8 Å². The lowest BCUT2D eigenvalue weighted by Crippen LogP contribution is -1.88. The summed E-state index contributed by atoms with van der Waals surface area (Å²) >= 11 is 1.96. The van der Waals surface area contributed by atoms with E-state index >= 15 is 0 Å². The SMILES string of the molecule is CCc1ccc(CCc2cccc(C)c2)s1. The predicted molar refractivity (Wildman–Crippen MR) is 72.3 cm³/mol. The highest BCUT2D eigenvalue weighted by Crippen LogP contribution is 2.19. The van der Waals surface area contributed by atoms with E-state index in [4.69, 9.17) is 0 Å². The van der Waals surface area contributed by atoms with Crippen molar-refractivity contribution in [2.75, 3.05) is 0 Å². The van der Waals surface area contributed by atoms with Crippen LogP contribution in [-0.2, 0) is 19.3 Å². The quantitative estimate of drug-likeness (QED) is 0.730. The molecule has 0 aliphatic carbocycles. The summed E-state index contributed by atoms with van der Waals surface area (Å²) in [5.74, 6) is 0. The Morgan fingerprint density at radius 2 is 1.81 bits per heavy atom. The average molecular weight is 230 g/mol. The van der Waals surface area contributed by atoms with Crippen molar-refractivity contribution in [2.24, 2.45) is 0 Å². The molecular formula is C15H18S. The molecule has 0 nitrogen and oxygen atoms in total. The molecule has 0 aliphatic heterocycles. The Labute approximate surface area is 102 Å². The highest BCUT2D eigenvalue weighted by molar-refractivity contribution is 7.11. The minimum atomic E-state index is 1.16. The fourth-order valence-electron chi connectivity index (χ4n) is 1.88. The molecule has 1 aromatic heterocycles. The van der Waals surface area contributed by atoms with Crippen molar-refractivity contribution in [3.63, 3.8) is 0 Å². The normalized spacial score (nSPS) is 10.6. The number of rotatable bonds is 4. The molecule has 1 heteroatoms. The van der Waals surface area contributed by atoms with Gasteiger partial charge in [-0.05, 0) is 43.9 Å². The minimum absolute atomic E-state index is 1.16. The molecule has 0 amide bonds. The number of benzene rings is 1. The van der Waals surface area contributed by atoms with Gasteiger partial charge in [-0.3, -0.25) is 0 Å².